The van der Waals surface area contributed by atoms with Crippen LogP contribution in [0.3, 0.4) is 0 Å². The zero-order valence-corrected chi connectivity index (χ0v) is 16.0. The molecule has 2 aromatic carbocycles. The largest absolute Gasteiger partial charge is 0.368 e. The van der Waals surface area contributed by atoms with Gasteiger partial charge in [0.15, 0.2) is 0 Å². The summed E-state index contributed by atoms with van der Waals surface area (Å²) in [6, 6.07) is 12.4. The molecule has 0 unspecified atom stereocenters. The van der Waals surface area contributed by atoms with Crippen LogP contribution >= 0.6 is 34.8 Å². The molecule has 0 aromatic heterocycles. The van der Waals surface area contributed by atoms with Crippen molar-refractivity contribution in [2.75, 3.05) is 36.4 Å². The summed E-state index contributed by atoms with van der Waals surface area (Å²) in [6.45, 7) is 2.11. The summed E-state index contributed by atoms with van der Waals surface area (Å²) >= 11 is 18.1. The molecule has 1 saturated heterocycles. The second kappa shape index (κ2) is 8.16. The van der Waals surface area contributed by atoms with Crippen LogP contribution in [0.2, 0.25) is 15.1 Å². The highest BCUT2D eigenvalue weighted by molar-refractivity contribution is 6.44. The fraction of sp³-hybridized carbons (Fsp3) is 0.222. The SMILES string of the molecule is O=C(Nc1c(Cl)cccc1Cl)C(=O)N1CCN(c2cccc(Cl)c2)CC1. The van der Waals surface area contributed by atoms with E-state index in [9.17, 15) is 9.59 Å². The van der Waals surface area contributed by atoms with E-state index >= 15 is 0 Å². The van der Waals surface area contributed by atoms with Crippen molar-refractivity contribution >= 4 is 58.0 Å². The minimum Gasteiger partial charge on any atom is -0.368 e. The fourth-order valence-corrected chi connectivity index (χ4v) is 3.44. The first-order chi connectivity index (χ1) is 12.5. The number of rotatable bonds is 2. The molecular weight excluding hydrogens is 397 g/mol. The lowest BCUT2D eigenvalue weighted by molar-refractivity contribution is -0.143. The van der Waals surface area contributed by atoms with Gasteiger partial charge in [0.2, 0.25) is 0 Å². The third-order valence-electron chi connectivity index (χ3n) is 4.14. The Hall–Kier alpha value is -1.95. The minimum atomic E-state index is -0.754. The lowest BCUT2D eigenvalue weighted by Crippen LogP contribution is -2.51. The van der Waals surface area contributed by atoms with Crippen molar-refractivity contribution in [3.63, 3.8) is 0 Å². The Morgan fingerprint density at radius 2 is 1.50 bits per heavy atom. The average Bonchev–Trinajstić information content (AvgIpc) is 2.64. The molecule has 0 aliphatic carbocycles. The molecule has 0 bridgehead atoms. The molecule has 5 nitrogen and oxygen atoms in total. The Bertz CT molecular complexity index is 816. The number of piperazine rings is 1. The van der Waals surface area contributed by atoms with Crippen LogP contribution in [-0.2, 0) is 9.59 Å². The van der Waals surface area contributed by atoms with Crippen LogP contribution in [0.4, 0.5) is 11.4 Å². The van der Waals surface area contributed by atoms with Gasteiger partial charge in [0.1, 0.15) is 0 Å². The van der Waals surface area contributed by atoms with Crippen molar-refractivity contribution in [2.45, 2.75) is 0 Å². The first-order valence-corrected chi connectivity index (χ1v) is 9.14. The fourth-order valence-electron chi connectivity index (χ4n) is 2.77. The molecule has 0 atom stereocenters. The van der Waals surface area contributed by atoms with Crippen molar-refractivity contribution in [2.24, 2.45) is 0 Å². The summed E-state index contributed by atoms with van der Waals surface area (Å²) < 4.78 is 0. The van der Waals surface area contributed by atoms with Gasteiger partial charge in [0, 0.05) is 36.9 Å². The number of nitrogens with one attached hydrogen (secondary N) is 1. The summed E-state index contributed by atoms with van der Waals surface area (Å²) in [4.78, 5) is 28.3. The van der Waals surface area contributed by atoms with Crippen LogP contribution in [0.1, 0.15) is 0 Å². The van der Waals surface area contributed by atoms with E-state index in [0.29, 0.717) is 31.2 Å². The summed E-state index contributed by atoms with van der Waals surface area (Å²) in [6.07, 6.45) is 0. The molecule has 2 aromatic rings. The van der Waals surface area contributed by atoms with Crippen LogP contribution in [0.25, 0.3) is 0 Å². The number of amides is 2. The topological polar surface area (TPSA) is 52.7 Å². The van der Waals surface area contributed by atoms with Gasteiger partial charge in [-0.25, -0.2) is 0 Å². The molecule has 2 amide bonds. The summed E-state index contributed by atoms with van der Waals surface area (Å²) in [5.74, 6) is -1.36. The molecule has 0 spiro atoms. The second-order valence-corrected chi connectivity index (χ2v) is 7.06. The minimum absolute atomic E-state index is 0.242. The van der Waals surface area contributed by atoms with E-state index in [0.717, 1.165) is 5.69 Å². The number of anilines is 2. The molecule has 1 aliphatic heterocycles. The van der Waals surface area contributed by atoms with Gasteiger partial charge in [0.25, 0.3) is 0 Å². The predicted molar refractivity (Wildman–Crippen MR) is 105 cm³/mol. The van der Waals surface area contributed by atoms with Gasteiger partial charge in [-0.15, -0.1) is 0 Å². The molecule has 8 heteroatoms. The van der Waals surface area contributed by atoms with Gasteiger partial charge in [0.05, 0.1) is 15.7 Å². The average molecular weight is 413 g/mol. The number of carbonyl (C=O) groups is 2. The summed E-state index contributed by atoms with van der Waals surface area (Å²) in [5, 5.41) is 3.73. The van der Waals surface area contributed by atoms with E-state index in [4.69, 9.17) is 34.8 Å². The maximum Gasteiger partial charge on any atom is 0.313 e. The van der Waals surface area contributed by atoms with Crippen LogP contribution < -0.4 is 10.2 Å². The van der Waals surface area contributed by atoms with Crippen LogP contribution in [0.15, 0.2) is 42.5 Å². The molecule has 26 heavy (non-hydrogen) atoms. The highest BCUT2D eigenvalue weighted by Gasteiger charge is 2.27. The van der Waals surface area contributed by atoms with Crippen LogP contribution in [0.5, 0.6) is 0 Å². The normalized spacial score (nSPS) is 14.3. The zero-order chi connectivity index (χ0) is 18.7. The second-order valence-electron chi connectivity index (χ2n) is 5.81. The molecule has 0 saturated carbocycles. The smallest absolute Gasteiger partial charge is 0.313 e. The van der Waals surface area contributed by atoms with Crippen molar-refractivity contribution in [1.29, 1.82) is 0 Å². The summed E-state index contributed by atoms with van der Waals surface area (Å²) in [7, 11) is 0. The van der Waals surface area contributed by atoms with Gasteiger partial charge in [-0.1, -0.05) is 46.9 Å². The van der Waals surface area contributed by atoms with E-state index in [-0.39, 0.29) is 15.7 Å². The van der Waals surface area contributed by atoms with Gasteiger partial charge >= 0.3 is 11.8 Å². The van der Waals surface area contributed by atoms with E-state index in [1.54, 1.807) is 18.2 Å². The Morgan fingerprint density at radius 1 is 0.885 bits per heavy atom. The first-order valence-electron chi connectivity index (χ1n) is 8.00. The highest BCUT2D eigenvalue weighted by atomic mass is 35.5. The Labute approximate surface area is 166 Å². The number of halogens is 3. The number of para-hydroxylation sites is 1. The monoisotopic (exact) mass is 411 g/mol. The van der Waals surface area contributed by atoms with Crippen LogP contribution in [0, 0.1) is 0 Å². The lowest BCUT2D eigenvalue weighted by atomic mass is 10.2. The van der Waals surface area contributed by atoms with Crippen molar-refractivity contribution in [3.8, 4) is 0 Å². The van der Waals surface area contributed by atoms with Crippen molar-refractivity contribution in [1.82, 2.24) is 4.90 Å². The Balaban J connectivity index is 1.60. The molecule has 3 rings (SSSR count). The third-order valence-corrected chi connectivity index (χ3v) is 5.00. The standard InChI is InChI=1S/C18H16Cl3N3O2/c19-12-3-1-4-13(11-12)23-7-9-24(10-8-23)18(26)17(25)22-16-14(20)5-2-6-15(16)21/h1-6,11H,7-10H2,(H,22,25). The number of hydrogen-bond acceptors (Lipinski definition) is 3. The van der Waals surface area contributed by atoms with Gasteiger partial charge in [-0.3, -0.25) is 9.59 Å². The first kappa shape index (κ1) is 18.8. The molecular formula is C18H16Cl3N3O2. The maximum absolute atomic E-state index is 12.4. The Kier molecular flexibility index (Phi) is 5.91. The van der Waals surface area contributed by atoms with Gasteiger partial charge in [-0.2, -0.15) is 0 Å². The van der Waals surface area contributed by atoms with E-state index < -0.39 is 11.8 Å². The van der Waals surface area contributed by atoms with E-state index in [2.05, 4.69) is 10.2 Å². The number of hydrogen-bond donors (Lipinski definition) is 1. The molecule has 1 heterocycles. The predicted octanol–water partition coefficient (Wildman–Crippen LogP) is 3.93. The molecule has 1 N–H and O–H groups in total. The molecule has 1 fully saturated rings. The third kappa shape index (κ3) is 4.23. The number of carbonyl (C=O) groups excluding carboxylic acids is 2. The molecule has 1 aliphatic rings. The molecule has 0 radical (unpaired) electrons. The zero-order valence-electron chi connectivity index (χ0n) is 13.7. The van der Waals surface area contributed by atoms with Gasteiger partial charge < -0.3 is 15.1 Å². The number of benzene rings is 2. The number of nitrogens with zero attached hydrogens (tertiary/aromatic N) is 2. The maximum atomic E-state index is 12.4. The van der Waals surface area contributed by atoms with Crippen LogP contribution in [-0.4, -0.2) is 42.9 Å². The van der Waals surface area contributed by atoms with Crippen molar-refractivity contribution < 1.29 is 9.59 Å². The highest BCUT2D eigenvalue weighted by Crippen LogP contribution is 2.29. The van der Waals surface area contributed by atoms with E-state index in [1.807, 2.05) is 24.3 Å². The van der Waals surface area contributed by atoms with Gasteiger partial charge in [-0.05, 0) is 30.3 Å². The summed E-state index contributed by atoms with van der Waals surface area (Å²) in [5.41, 5.74) is 1.24. The van der Waals surface area contributed by atoms with Crippen molar-refractivity contribution in [3.05, 3.63) is 57.5 Å². The Morgan fingerprint density at radius 3 is 2.12 bits per heavy atom. The lowest BCUT2D eigenvalue weighted by Gasteiger charge is -2.35. The quantitative estimate of drug-likeness (QED) is 0.760. The van der Waals surface area contributed by atoms with E-state index in [1.165, 1.54) is 4.90 Å². The molecule has 136 valence electrons.